The number of carbonyl (C=O) groups excluding carboxylic acids is 2. The van der Waals surface area contributed by atoms with Crippen LogP contribution in [0, 0.1) is 0 Å². The van der Waals surface area contributed by atoms with Crippen molar-refractivity contribution in [1.82, 2.24) is 0 Å². The van der Waals surface area contributed by atoms with Gasteiger partial charge in [0.05, 0.1) is 27.4 Å². The van der Waals surface area contributed by atoms with E-state index in [2.05, 4.69) is 13.8 Å². The van der Waals surface area contributed by atoms with Gasteiger partial charge in [-0.15, -0.1) is 0 Å². The molecule has 1 heterocycles. The number of unbranched alkanes of at least 4 members (excludes halogenated alkanes) is 3. The van der Waals surface area contributed by atoms with Gasteiger partial charge < -0.3 is 33.6 Å². The van der Waals surface area contributed by atoms with Crippen LogP contribution in [-0.2, 0) is 9.47 Å². The average Bonchev–Trinajstić information content (AvgIpc) is 3.48. The van der Waals surface area contributed by atoms with Gasteiger partial charge in [0.1, 0.15) is 23.7 Å². The van der Waals surface area contributed by atoms with E-state index < -0.39 is 11.9 Å². The summed E-state index contributed by atoms with van der Waals surface area (Å²) in [4.78, 5) is 25.6. The van der Waals surface area contributed by atoms with E-state index in [0.29, 0.717) is 17.9 Å². The number of esters is 2. The van der Waals surface area contributed by atoms with Crippen molar-refractivity contribution >= 4 is 11.9 Å². The number of carbonyl (C=O) groups is 2. The molecule has 0 aliphatic carbocycles. The maximum absolute atomic E-state index is 13.0. The van der Waals surface area contributed by atoms with Crippen LogP contribution >= 0.6 is 0 Å². The van der Waals surface area contributed by atoms with Crippen LogP contribution in [0.2, 0.25) is 0 Å². The Morgan fingerprint density at radius 1 is 0.805 bits per heavy atom. The van der Waals surface area contributed by atoms with Gasteiger partial charge in [-0.2, -0.15) is 0 Å². The first-order valence-corrected chi connectivity index (χ1v) is 13.9. The van der Waals surface area contributed by atoms with Crippen LogP contribution < -0.4 is 9.47 Å². The Hall–Kier alpha value is -4.14. The third-order valence-electron chi connectivity index (χ3n) is 7.14. The lowest BCUT2D eigenvalue weighted by atomic mass is 9.88. The molecule has 0 radical (unpaired) electrons. The number of phenols is 2. The molecule has 2 unspecified atom stereocenters. The lowest BCUT2D eigenvalue weighted by Crippen LogP contribution is -2.16. The van der Waals surface area contributed by atoms with E-state index in [-0.39, 0.29) is 47.7 Å². The molecule has 2 N–H and O–H groups in total. The first-order valence-electron chi connectivity index (χ1n) is 13.9. The number of hydrogen-bond donors (Lipinski definition) is 2. The molecular formula is C32H40O9. The molecule has 0 bridgehead atoms. The smallest absolute Gasteiger partial charge is 0.342 e. The predicted molar refractivity (Wildman–Crippen MR) is 153 cm³/mol. The van der Waals surface area contributed by atoms with Gasteiger partial charge in [0.25, 0.3) is 0 Å². The minimum absolute atomic E-state index is 0.00722. The Morgan fingerprint density at radius 2 is 1.39 bits per heavy atom. The summed E-state index contributed by atoms with van der Waals surface area (Å²) in [6, 6.07) is 10.3. The van der Waals surface area contributed by atoms with Crippen LogP contribution in [0.3, 0.4) is 0 Å². The number of hydrogen-bond acceptors (Lipinski definition) is 9. The van der Waals surface area contributed by atoms with Crippen molar-refractivity contribution in [3.8, 4) is 23.0 Å². The number of methoxy groups -OCH3 is 2. The van der Waals surface area contributed by atoms with Gasteiger partial charge in [0.2, 0.25) is 0 Å². The van der Waals surface area contributed by atoms with Gasteiger partial charge in [-0.3, -0.25) is 0 Å². The van der Waals surface area contributed by atoms with Crippen LogP contribution in [-0.4, -0.2) is 49.6 Å². The minimum atomic E-state index is -0.691. The number of rotatable bonds is 16. The summed E-state index contributed by atoms with van der Waals surface area (Å²) in [5, 5.41) is 20.0. The molecule has 0 spiro atoms. The van der Waals surface area contributed by atoms with E-state index in [0.717, 1.165) is 43.2 Å². The molecule has 0 aliphatic heterocycles. The summed E-state index contributed by atoms with van der Waals surface area (Å²) in [5.74, 6) is -0.655. The van der Waals surface area contributed by atoms with E-state index in [9.17, 15) is 19.8 Å². The number of ether oxygens (including phenoxy) is 4. The van der Waals surface area contributed by atoms with Crippen molar-refractivity contribution in [2.24, 2.45) is 0 Å². The van der Waals surface area contributed by atoms with Crippen LogP contribution in [0.25, 0.3) is 0 Å². The van der Waals surface area contributed by atoms with Crippen LogP contribution in [0.15, 0.2) is 53.3 Å². The monoisotopic (exact) mass is 568 g/mol. The summed E-state index contributed by atoms with van der Waals surface area (Å²) in [5.41, 5.74) is 1.86. The SMILES string of the molecule is CCCCCCOC(=O)c1cocc1C(=O)OCC(CCC(C)c1ccc(O)c(OC)c1)c1ccc(O)c(OC)c1. The van der Waals surface area contributed by atoms with Crippen molar-refractivity contribution in [3.05, 3.63) is 71.2 Å². The molecule has 0 amide bonds. The van der Waals surface area contributed by atoms with Gasteiger partial charge in [-0.25, -0.2) is 9.59 Å². The van der Waals surface area contributed by atoms with E-state index in [1.54, 1.807) is 24.3 Å². The zero-order valence-electron chi connectivity index (χ0n) is 24.2. The zero-order chi connectivity index (χ0) is 29.8. The van der Waals surface area contributed by atoms with Crippen molar-refractivity contribution in [3.63, 3.8) is 0 Å². The minimum Gasteiger partial charge on any atom is -0.504 e. The molecule has 2 aromatic carbocycles. The van der Waals surface area contributed by atoms with Gasteiger partial charge in [0, 0.05) is 5.92 Å². The molecule has 0 aliphatic rings. The predicted octanol–water partition coefficient (Wildman–Crippen LogP) is 6.97. The maximum Gasteiger partial charge on any atom is 0.342 e. The van der Waals surface area contributed by atoms with E-state index in [4.69, 9.17) is 23.4 Å². The fourth-order valence-electron chi connectivity index (χ4n) is 4.55. The molecular weight excluding hydrogens is 528 g/mol. The Kier molecular flexibility index (Phi) is 11.9. The summed E-state index contributed by atoms with van der Waals surface area (Å²) in [6.45, 7) is 4.47. The molecule has 2 atom stereocenters. The molecule has 1 aromatic heterocycles. The quantitative estimate of drug-likeness (QED) is 0.139. The highest BCUT2D eigenvalue weighted by molar-refractivity contribution is 6.02. The first-order chi connectivity index (χ1) is 19.8. The molecule has 9 nitrogen and oxygen atoms in total. The second-order valence-electron chi connectivity index (χ2n) is 10.0. The lowest BCUT2D eigenvalue weighted by molar-refractivity contribution is 0.0438. The summed E-state index contributed by atoms with van der Waals surface area (Å²) >= 11 is 0. The highest BCUT2D eigenvalue weighted by atomic mass is 16.5. The van der Waals surface area contributed by atoms with Crippen LogP contribution in [0.5, 0.6) is 23.0 Å². The first kappa shape index (κ1) is 31.4. The molecule has 0 fully saturated rings. The number of furan rings is 1. The number of phenolic OH excluding ortho intramolecular Hbond substituents is 2. The van der Waals surface area contributed by atoms with Crippen molar-refractivity contribution in [1.29, 1.82) is 0 Å². The molecule has 3 rings (SSSR count). The molecule has 3 aromatic rings. The molecule has 9 heteroatoms. The van der Waals surface area contributed by atoms with Crippen LogP contribution in [0.4, 0.5) is 0 Å². The van der Waals surface area contributed by atoms with E-state index in [1.165, 1.54) is 26.7 Å². The van der Waals surface area contributed by atoms with Crippen LogP contribution in [0.1, 0.15) is 96.1 Å². The second-order valence-corrected chi connectivity index (χ2v) is 10.0. The average molecular weight is 569 g/mol. The topological polar surface area (TPSA) is 125 Å². The number of aromatic hydroxyl groups is 2. The van der Waals surface area contributed by atoms with Gasteiger partial charge in [0.15, 0.2) is 23.0 Å². The maximum atomic E-state index is 13.0. The Morgan fingerprint density at radius 3 is 2.00 bits per heavy atom. The Bertz CT molecular complexity index is 1280. The van der Waals surface area contributed by atoms with Gasteiger partial charge in [-0.1, -0.05) is 45.2 Å². The lowest BCUT2D eigenvalue weighted by Gasteiger charge is -2.21. The third-order valence-corrected chi connectivity index (χ3v) is 7.14. The normalized spacial score (nSPS) is 12.4. The Labute approximate surface area is 241 Å². The van der Waals surface area contributed by atoms with Crippen molar-refractivity contribution in [2.45, 2.75) is 64.2 Å². The fourth-order valence-corrected chi connectivity index (χ4v) is 4.55. The van der Waals surface area contributed by atoms with Crippen molar-refractivity contribution < 1.29 is 43.2 Å². The summed E-state index contributed by atoms with van der Waals surface area (Å²) in [6.07, 6.45) is 7.60. The fraction of sp³-hybridized carbons (Fsp3) is 0.438. The van der Waals surface area contributed by atoms with E-state index >= 15 is 0 Å². The van der Waals surface area contributed by atoms with E-state index in [1.807, 2.05) is 12.1 Å². The number of benzene rings is 2. The zero-order valence-corrected chi connectivity index (χ0v) is 24.2. The van der Waals surface area contributed by atoms with Gasteiger partial charge >= 0.3 is 11.9 Å². The molecule has 0 saturated heterocycles. The summed E-state index contributed by atoms with van der Waals surface area (Å²) < 4.78 is 26.7. The molecule has 222 valence electrons. The highest BCUT2D eigenvalue weighted by Crippen LogP contribution is 2.35. The summed E-state index contributed by atoms with van der Waals surface area (Å²) in [7, 11) is 2.97. The largest absolute Gasteiger partial charge is 0.504 e. The second kappa shape index (κ2) is 15.6. The molecule has 0 saturated carbocycles. The Balaban J connectivity index is 1.71. The highest BCUT2D eigenvalue weighted by Gasteiger charge is 2.24. The standard InChI is InChI=1S/C32H40O9/c1-5-6-7-8-15-40-31(35)25-19-39-20-26(25)32(36)41-18-24(23-12-14-28(34)30(17-23)38-4)10-9-21(2)22-11-13-27(33)29(16-22)37-3/h11-14,16-17,19-21,24,33-34H,5-10,15,18H2,1-4H3. The third kappa shape index (κ3) is 8.67. The van der Waals surface area contributed by atoms with Crippen molar-refractivity contribution in [2.75, 3.05) is 27.4 Å². The molecule has 41 heavy (non-hydrogen) atoms. The van der Waals surface area contributed by atoms with Gasteiger partial charge in [-0.05, 0) is 60.6 Å².